The molecular weight excluding hydrogens is 328 g/mol. The van der Waals surface area contributed by atoms with E-state index in [0.29, 0.717) is 5.76 Å². The Labute approximate surface area is 160 Å². The molecule has 1 aliphatic rings. The lowest BCUT2D eigenvalue weighted by atomic mass is 10.2. The second-order valence-electron chi connectivity index (χ2n) is 5.31. The summed E-state index contributed by atoms with van der Waals surface area (Å²) in [5, 5.41) is 0. The Bertz CT molecular complexity index is 1130. The fraction of sp³-hybridized carbons (Fsp3) is 0. The van der Waals surface area contributed by atoms with Crippen LogP contribution in [0, 0.1) is 47.4 Å². The van der Waals surface area contributed by atoms with Crippen LogP contribution in [-0.2, 0) is 4.74 Å². The number of benzene rings is 2. The van der Waals surface area contributed by atoms with Crippen molar-refractivity contribution in [1.82, 2.24) is 0 Å². The SMILES string of the molecule is C(C#Cc1ccccc1)#CC1=CC=C(C#CC#Cc2ccccc2)OC=C1. The van der Waals surface area contributed by atoms with Gasteiger partial charge in [0.1, 0.15) is 0 Å². The predicted molar refractivity (Wildman–Crippen MR) is 109 cm³/mol. The third-order valence-corrected chi connectivity index (χ3v) is 3.34. The molecule has 0 aliphatic carbocycles. The zero-order chi connectivity index (χ0) is 18.6. The highest BCUT2D eigenvalue weighted by Gasteiger charge is 1.95. The molecule has 3 rings (SSSR count). The van der Waals surface area contributed by atoms with Crippen molar-refractivity contribution in [2.75, 3.05) is 0 Å². The van der Waals surface area contributed by atoms with Gasteiger partial charge in [-0.3, -0.25) is 0 Å². The summed E-state index contributed by atoms with van der Waals surface area (Å²) in [7, 11) is 0. The van der Waals surface area contributed by atoms with Crippen LogP contribution in [0.3, 0.4) is 0 Å². The largest absolute Gasteiger partial charge is 0.456 e. The molecule has 2 aromatic carbocycles. The number of hydrogen-bond donors (Lipinski definition) is 0. The second-order valence-corrected chi connectivity index (χ2v) is 5.31. The van der Waals surface area contributed by atoms with Crippen molar-refractivity contribution < 1.29 is 4.74 Å². The lowest BCUT2D eigenvalue weighted by Crippen LogP contribution is -1.78. The average molecular weight is 342 g/mol. The zero-order valence-corrected chi connectivity index (χ0v) is 14.5. The van der Waals surface area contributed by atoms with Gasteiger partial charge >= 0.3 is 0 Å². The molecule has 0 aromatic heterocycles. The molecule has 0 fully saturated rings. The standard InChI is InChI=1S/C26H14O/c1-3-11-23(12-4-1)15-7-8-17-25-19-20-26(27-22-21-25)18-10-9-16-24-13-5-2-6-14-24/h1-6,11-14,19-22H. The van der Waals surface area contributed by atoms with Gasteiger partial charge in [0.15, 0.2) is 5.76 Å². The van der Waals surface area contributed by atoms with Crippen LogP contribution < -0.4 is 0 Å². The van der Waals surface area contributed by atoms with Crippen molar-refractivity contribution in [3.8, 4) is 47.4 Å². The highest BCUT2D eigenvalue weighted by atomic mass is 16.5. The first kappa shape index (κ1) is 17.5. The van der Waals surface area contributed by atoms with Crippen LogP contribution in [0.1, 0.15) is 11.1 Å². The first-order chi connectivity index (χ1) is 13.4. The molecule has 27 heavy (non-hydrogen) atoms. The van der Waals surface area contributed by atoms with E-state index in [9.17, 15) is 0 Å². The average Bonchev–Trinajstić information content (AvgIpc) is 2.95. The van der Waals surface area contributed by atoms with Gasteiger partial charge in [-0.25, -0.2) is 0 Å². The van der Waals surface area contributed by atoms with Crippen molar-refractivity contribution in [3.63, 3.8) is 0 Å². The predicted octanol–water partition coefficient (Wildman–Crippen LogP) is 4.45. The molecule has 0 saturated heterocycles. The molecule has 124 valence electrons. The van der Waals surface area contributed by atoms with E-state index < -0.39 is 0 Å². The summed E-state index contributed by atoms with van der Waals surface area (Å²) < 4.78 is 5.44. The fourth-order valence-corrected chi connectivity index (χ4v) is 2.04. The molecule has 0 N–H and O–H groups in total. The van der Waals surface area contributed by atoms with Gasteiger partial charge in [0.2, 0.25) is 0 Å². The minimum atomic E-state index is 0.515. The normalized spacial score (nSPS) is 11.1. The van der Waals surface area contributed by atoms with Crippen LogP contribution in [0.15, 0.2) is 96.5 Å². The molecule has 0 unspecified atom stereocenters. The zero-order valence-electron chi connectivity index (χ0n) is 14.5. The van der Waals surface area contributed by atoms with E-state index in [-0.39, 0.29) is 0 Å². The molecule has 0 spiro atoms. The molecule has 1 heterocycles. The Morgan fingerprint density at radius 2 is 1.11 bits per heavy atom. The van der Waals surface area contributed by atoms with E-state index in [0.717, 1.165) is 16.7 Å². The molecule has 0 saturated carbocycles. The van der Waals surface area contributed by atoms with Gasteiger partial charge in [-0.15, -0.1) is 0 Å². The van der Waals surface area contributed by atoms with Gasteiger partial charge in [0.05, 0.1) is 6.26 Å². The summed E-state index contributed by atoms with van der Waals surface area (Å²) in [5.74, 6) is 23.7. The molecular formula is C26H14O. The minimum absolute atomic E-state index is 0.515. The fourth-order valence-electron chi connectivity index (χ4n) is 2.04. The highest BCUT2D eigenvalue weighted by molar-refractivity contribution is 5.49. The quantitative estimate of drug-likeness (QED) is 0.643. The van der Waals surface area contributed by atoms with Gasteiger partial charge in [-0.1, -0.05) is 54.2 Å². The van der Waals surface area contributed by atoms with Crippen LogP contribution in [0.25, 0.3) is 0 Å². The summed E-state index contributed by atoms with van der Waals surface area (Å²) in [6.45, 7) is 0. The van der Waals surface area contributed by atoms with Crippen LogP contribution in [0.2, 0.25) is 0 Å². The van der Waals surface area contributed by atoms with Crippen molar-refractivity contribution >= 4 is 0 Å². The minimum Gasteiger partial charge on any atom is -0.456 e. The second kappa shape index (κ2) is 9.87. The van der Waals surface area contributed by atoms with Gasteiger partial charge in [-0.2, -0.15) is 0 Å². The number of hydrogen-bond acceptors (Lipinski definition) is 1. The first-order valence-electron chi connectivity index (χ1n) is 8.29. The molecule has 0 bridgehead atoms. The number of ether oxygens (including phenoxy) is 1. The van der Waals surface area contributed by atoms with E-state index >= 15 is 0 Å². The Balaban J connectivity index is 1.65. The monoisotopic (exact) mass is 342 g/mol. The van der Waals surface area contributed by atoms with Crippen molar-refractivity contribution in [3.05, 3.63) is 108 Å². The van der Waals surface area contributed by atoms with E-state index in [1.807, 2.05) is 66.7 Å². The molecule has 0 amide bonds. The molecule has 0 radical (unpaired) electrons. The Kier molecular flexibility index (Phi) is 6.40. The molecule has 1 heteroatoms. The molecule has 2 aromatic rings. The van der Waals surface area contributed by atoms with Crippen molar-refractivity contribution in [1.29, 1.82) is 0 Å². The Morgan fingerprint density at radius 1 is 0.556 bits per heavy atom. The maximum absolute atomic E-state index is 5.44. The van der Waals surface area contributed by atoms with E-state index in [2.05, 4.69) is 47.4 Å². The van der Waals surface area contributed by atoms with Gasteiger partial charge in [0.25, 0.3) is 0 Å². The van der Waals surface area contributed by atoms with Gasteiger partial charge in [-0.05, 0) is 72.1 Å². The van der Waals surface area contributed by atoms with Crippen LogP contribution in [0.4, 0.5) is 0 Å². The maximum atomic E-state index is 5.44. The lowest BCUT2D eigenvalue weighted by molar-refractivity contribution is 0.374. The Hall–Kier alpha value is -4.30. The lowest BCUT2D eigenvalue weighted by Gasteiger charge is -1.92. The van der Waals surface area contributed by atoms with Crippen LogP contribution in [-0.4, -0.2) is 0 Å². The molecule has 1 aliphatic heterocycles. The smallest absolute Gasteiger partial charge is 0.177 e. The summed E-state index contributed by atoms with van der Waals surface area (Å²) in [5.41, 5.74) is 2.66. The Morgan fingerprint density at radius 3 is 1.74 bits per heavy atom. The third-order valence-electron chi connectivity index (χ3n) is 3.34. The van der Waals surface area contributed by atoms with E-state index in [1.54, 1.807) is 18.4 Å². The van der Waals surface area contributed by atoms with Gasteiger partial charge in [0, 0.05) is 16.7 Å². The highest BCUT2D eigenvalue weighted by Crippen LogP contribution is 2.07. The maximum Gasteiger partial charge on any atom is 0.177 e. The van der Waals surface area contributed by atoms with E-state index in [1.165, 1.54) is 0 Å². The third kappa shape index (κ3) is 6.25. The first-order valence-corrected chi connectivity index (χ1v) is 8.29. The summed E-state index contributed by atoms with van der Waals surface area (Å²) >= 11 is 0. The molecule has 0 atom stereocenters. The van der Waals surface area contributed by atoms with Gasteiger partial charge < -0.3 is 4.74 Å². The van der Waals surface area contributed by atoms with Crippen molar-refractivity contribution in [2.45, 2.75) is 0 Å². The summed E-state index contributed by atoms with van der Waals surface area (Å²) in [6.07, 6.45) is 6.95. The summed E-state index contributed by atoms with van der Waals surface area (Å²) in [4.78, 5) is 0. The van der Waals surface area contributed by atoms with Crippen LogP contribution in [0.5, 0.6) is 0 Å². The number of rotatable bonds is 0. The van der Waals surface area contributed by atoms with Crippen molar-refractivity contribution in [2.24, 2.45) is 0 Å². The molecule has 1 nitrogen and oxygen atoms in total. The topological polar surface area (TPSA) is 9.23 Å². The van der Waals surface area contributed by atoms with E-state index in [4.69, 9.17) is 4.74 Å². The number of allylic oxidation sites excluding steroid dienone is 5. The summed E-state index contributed by atoms with van der Waals surface area (Å²) in [6, 6.07) is 19.5. The van der Waals surface area contributed by atoms with Crippen LogP contribution >= 0.6 is 0 Å².